The molecule has 0 bridgehead atoms. The Balaban J connectivity index is 1.97. The van der Waals surface area contributed by atoms with E-state index in [4.69, 9.17) is 4.74 Å². The molecular formula is C20H18O2S. The SMILES string of the molecule is COC(=O)CC1=CC(=Cc2ccc(SC)cc2)c2ccccc21. The van der Waals surface area contributed by atoms with Gasteiger partial charge in [-0.25, -0.2) is 0 Å². The van der Waals surface area contributed by atoms with E-state index < -0.39 is 0 Å². The summed E-state index contributed by atoms with van der Waals surface area (Å²) in [4.78, 5) is 12.9. The van der Waals surface area contributed by atoms with Gasteiger partial charge in [-0.3, -0.25) is 4.79 Å². The standard InChI is InChI=1S/C20H18O2S/c1-22-20(21)13-16-12-15(18-5-3-4-6-19(16)18)11-14-7-9-17(23-2)10-8-14/h3-12H,13H2,1-2H3. The quantitative estimate of drug-likeness (QED) is 0.591. The molecule has 0 aromatic heterocycles. The average Bonchev–Trinajstić information content (AvgIpc) is 2.93. The number of methoxy groups -OCH3 is 1. The molecule has 116 valence electrons. The third kappa shape index (κ3) is 3.40. The molecule has 0 atom stereocenters. The molecule has 0 heterocycles. The Hall–Kier alpha value is -2.26. The van der Waals surface area contributed by atoms with E-state index in [9.17, 15) is 4.79 Å². The summed E-state index contributed by atoms with van der Waals surface area (Å²) in [6.07, 6.45) is 6.62. The van der Waals surface area contributed by atoms with Gasteiger partial charge in [-0.1, -0.05) is 36.4 Å². The van der Waals surface area contributed by atoms with Gasteiger partial charge < -0.3 is 4.74 Å². The highest BCUT2D eigenvalue weighted by Crippen LogP contribution is 2.38. The summed E-state index contributed by atoms with van der Waals surface area (Å²) >= 11 is 1.73. The predicted molar refractivity (Wildman–Crippen MR) is 97.1 cm³/mol. The highest BCUT2D eigenvalue weighted by Gasteiger charge is 2.20. The van der Waals surface area contributed by atoms with Crippen molar-refractivity contribution in [3.05, 3.63) is 71.3 Å². The van der Waals surface area contributed by atoms with Crippen LogP contribution in [-0.4, -0.2) is 19.3 Å². The first kappa shape index (κ1) is 15.6. The van der Waals surface area contributed by atoms with E-state index in [0.29, 0.717) is 6.42 Å². The van der Waals surface area contributed by atoms with Crippen LogP contribution in [-0.2, 0) is 9.53 Å². The third-order valence-electron chi connectivity index (χ3n) is 3.91. The Bertz CT molecular complexity index is 786. The van der Waals surface area contributed by atoms with E-state index in [1.807, 2.05) is 12.1 Å². The van der Waals surface area contributed by atoms with Crippen LogP contribution in [0.5, 0.6) is 0 Å². The molecule has 2 nitrogen and oxygen atoms in total. The molecule has 0 spiro atoms. The Morgan fingerprint density at radius 1 is 1.09 bits per heavy atom. The number of fused-ring (bicyclic) bond motifs is 1. The number of hydrogen-bond donors (Lipinski definition) is 0. The molecule has 0 amide bonds. The van der Waals surface area contributed by atoms with E-state index >= 15 is 0 Å². The van der Waals surface area contributed by atoms with E-state index in [1.165, 1.54) is 17.6 Å². The van der Waals surface area contributed by atoms with Crippen molar-refractivity contribution in [2.45, 2.75) is 11.3 Å². The number of ether oxygens (including phenoxy) is 1. The summed E-state index contributed by atoms with van der Waals surface area (Å²) in [5.41, 5.74) is 5.59. The van der Waals surface area contributed by atoms with E-state index in [2.05, 4.69) is 54.8 Å². The van der Waals surface area contributed by atoms with Crippen molar-refractivity contribution in [1.82, 2.24) is 0 Å². The number of esters is 1. The van der Waals surface area contributed by atoms with Crippen LogP contribution in [0.2, 0.25) is 0 Å². The van der Waals surface area contributed by atoms with Crippen molar-refractivity contribution in [2.75, 3.05) is 13.4 Å². The maximum absolute atomic E-state index is 11.6. The molecule has 23 heavy (non-hydrogen) atoms. The van der Waals surface area contributed by atoms with Gasteiger partial charge in [0.15, 0.2) is 0 Å². The van der Waals surface area contributed by atoms with Gasteiger partial charge in [0, 0.05) is 4.90 Å². The van der Waals surface area contributed by atoms with Gasteiger partial charge >= 0.3 is 5.97 Å². The van der Waals surface area contributed by atoms with Crippen LogP contribution in [0.1, 0.15) is 23.1 Å². The fourth-order valence-electron chi connectivity index (χ4n) is 2.73. The molecule has 3 rings (SSSR count). The van der Waals surface area contributed by atoms with Crippen molar-refractivity contribution in [3.63, 3.8) is 0 Å². The summed E-state index contributed by atoms with van der Waals surface area (Å²) in [7, 11) is 1.42. The first-order chi connectivity index (χ1) is 11.2. The van der Waals surface area contributed by atoms with E-state index in [1.54, 1.807) is 11.8 Å². The second-order valence-electron chi connectivity index (χ2n) is 5.34. The number of allylic oxidation sites excluding steroid dienone is 2. The Kier molecular flexibility index (Phi) is 4.68. The molecule has 0 fully saturated rings. The van der Waals surface area contributed by atoms with Crippen LogP contribution >= 0.6 is 11.8 Å². The van der Waals surface area contributed by atoms with E-state index in [-0.39, 0.29) is 5.97 Å². The summed E-state index contributed by atoms with van der Waals surface area (Å²) in [5.74, 6) is -0.211. The molecule has 3 heteroatoms. The molecule has 1 aliphatic carbocycles. The number of rotatable bonds is 4. The highest BCUT2D eigenvalue weighted by atomic mass is 32.2. The Morgan fingerprint density at radius 3 is 2.43 bits per heavy atom. The zero-order valence-electron chi connectivity index (χ0n) is 13.2. The Morgan fingerprint density at radius 2 is 1.78 bits per heavy atom. The van der Waals surface area contributed by atoms with Gasteiger partial charge in [0.05, 0.1) is 13.5 Å². The zero-order valence-corrected chi connectivity index (χ0v) is 14.0. The lowest BCUT2D eigenvalue weighted by Gasteiger charge is -2.04. The minimum Gasteiger partial charge on any atom is -0.469 e. The van der Waals surface area contributed by atoms with Gasteiger partial charge in [-0.2, -0.15) is 0 Å². The topological polar surface area (TPSA) is 26.3 Å². The van der Waals surface area contributed by atoms with E-state index in [0.717, 1.165) is 22.3 Å². The second kappa shape index (κ2) is 6.88. The lowest BCUT2D eigenvalue weighted by molar-refractivity contribution is -0.139. The van der Waals surface area contributed by atoms with Crippen molar-refractivity contribution in [2.24, 2.45) is 0 Å². The summed E-state index contributed by atoms with van der Waals surface area (Å²) in [6, 6.07) is 16.7. The molecule has 0 unspecified atom stereocenters. The normalized spacial score (nSPS) is 14.5. The fourth-order valence-corrected chi connectivity index (χ4v) is 3.14. The molecule has 2 aromatic rings. The first-order valence-corrected chi connectivity index (χ1v) is 8.66. The first-order valence-electron chi connectivity index (χ1n) is 7.44. The number of benzene rings is 2. The summed E-state index contributed by atoms with van der Waals surface area (Å²) in [5, 5.41) is 0. The monoisotopic (exact) mass is 322 g/mol. The van der Waals surface area contributed by atoms with Gasteiger partial charge in [0.1, 0.15) is 0 Å². The molecule has 0 saturated heterocycles. The van der Waals surface area contributed by atoms with Crippen LogP contribution in [0, 0.1) is 0 Å². The Labute approximate surface area is 140 Å². The number of thioether (sulfide) groups is 1. The van der Waals surface area contributed by atoms with Crippen LogP contribution < -0.4 is 0 Å². The summed E-state index contributed by atoms with van der Waals surface area (Å²) < 4.78 is 4.80. The van der Waals surface area contributed by atoms with Crippen molar-refractivity contribution in [3.8, 4) is 0 Å². The van der Waals surface area contributed by atoms with Crippen LogP contribution in [0.15, 0.2) is 59.5 Å². The minimum absolute atomic E-state index is 0.211. The van der Waals surface area contributed by atoms with Crippen molar-refractivity contribution >= 4 is 35.0 Å². The van der Waals surface area contributed by atoms with Crippen LogP contribution in [0.25, 0.3) is 17.2 Å². The molecule has 0 N–H and O–H groups in total. The highest BCUT2D eigenvalue weighted by molar-refractivity contribution is 7.98. The minimum atomic E-state index is -0.211. The van der Waals surface area contributed by atoms with Crippen molar-refractivity contribution < 1.29 is 9.53 Å². The molecule has 0 radical (unpaired) electrons. The lowest BCUT2D eigenvalue weighted by atomic mass is 10.0. The summed E-state index contributed by atoms with van der Waals surface area (Å²) in [6.45, 7) is 0. The maximum Gasteiger partial charge on any atom is 0.310 e. The fraction of sp³-hybridized carbons (Fsp3) is 0.150. The van der Waals surface area contributed by atoms with Gasteiger partial charge in [-0.05, 0) is 58.4 Å². The smallest absolute Gasteiger partial charge is 0.310 e. The molecule has 0 saturated carbocycles. The molecule has 0 aliphatic heterocycles. The maximum atomic E-state index is 11.6. The lowest BCUT2D eigenvalue weighted by Crippen LogP contribution is -2.00. The predicted octanol–water partition coefficient (Wildman–Crippen LogP) is 4.91. The van der Waals surface area contributed by atoms with Gasteiger partial charge in [0.25, 0.3) is 0 Å². The van der Waals surface area contributed by atoms with Gasteiger partial charge in [-0.15, -0.1) is 11.8 Å². The third-order valence-corrected chi connectivity index (χ3v) is 4.66. The molecule has 1 aliphatic rings. The molecule has 2 aromatic carbocycles. The van der Waals surface area contributed by atoms with Gasteiger partial charge in [0.2, 0.25) is 0 Å². The molecular weight excluding hydrogens is 304 g/mol. The number of carbonyl (C=O) groups is 1. The van der Waals surface area contributed by atoms with Crippen LogP contribution in [0.4, 0.5) is 0 Å². The van der Waals surface area contributed by atoms with Crippen LogP contribution in [0.3, 0.4) is 0 Å². The zero-order chi connectivity index (χ0) is 16.2. The van der Waals surface area contributed by atoms with Crippen molar-refractivity contribution in [1.29, 1.82) is 0 Å². The second-order valence-corrected chi connectivity index (χ2v) is 6.22. The average molecular weight is 322 g/mol. The number of carbonyl (C=O) groups excluding carboxylic acids is 1. The largest absolute Gasteiger partial charge is 0.469 e. The number of hydrogen-bond acceptors (Lipinski definition) is 3.